The molecule has 0 saturated heterocycles. The summed E-state index contributed by atoms with van der Waals surface area (Å²) < 4.78 is 1.95. The second-order valence-corrected chi connectivity index (χ2v) is 7.66. The van der Waals surface area contributed by atoms with Crippen molar-refractivity contribution < 1.29 is 4.79 Å². The Hall–Kier alpha value is -2.52. The number of carbonyl (C=O) groups excluding carboxylic acids is 1. The first-order valence-corrected chi connectivity index (χ1v) is 9.71. The number of nitrogens with zero attached hydrogens (tertiary/aromatic N) is 5. The number of hydrogen-bond acceptors (Lipinski definition) is 7. The molecule has 0 aliphatic rings. The van der Waals surface area contributed by atoms with Gasteiger partial charge in [0, 0.05) is 12.1 Å². The molecule has 0 fully saturated rings. The fourth-order valence-electron chi connectivity index (χ4n) is 2.32. The molecule has 134 valence electrons. The highest BCUT2D eigenvalue weighted by atomic mass is 32.2. The van der Waals surface area contributed by atoms with Gasteiger partial charge in [-0.05, 0) is 19.9 Å². The number of anilines is 1. The first-order chi connectivity index (χ1) is 12.6. The second kappa shape index (κ2) is 8.24. The molecule has 0 spiro atoms. The molecule has 0 saturated carbocycles. The lowest BCUT2D eigenvalue weighted by Crippen LogP contribution is -2.14. The van der Waals surface area contributed by atoms with Gasteiger partial charge >= 0.3 is 0 Å². The molecule has 3 rings (SSSR count). The Labute approximate surface area is 159 Å². The first kappa shape index (κ1) is 18.3. The molecule has 3 aromatic rings. The molecule has 0 atom stereocenters. The number of hydrogen-bond donors (Lipinski definition) is 1. The van der Waals surface area contributed by atoms with E-state index in [1.165, 1.54) is 23.1 Å². The van der Waals surface area contributed by atoms with E-state index in [1.807, 2.05) is 36.6 Å². The van der Waals surface area contributed by atoms with Gasteiger partial charge in [-0.15, -0.1) is 27.0 Å². The van der Waals surface area contributed by atoms with Gasteiger partial charge in [-0.25, -0.2) is 0 Å². The van der Waals surface area contributed by atoms with Crippen molar-refractivity contribution in [2.45, 2.75) is 25.5 Å². The van der Waals surface area contributed by atoms with Crippen LogP contribution in [0, 0.1) is 13.8 Å². The summed E-state index contributed by atoms with van der Waals surface area (Å²) in [6.45, 7) is 8.24. The smallest absolute Gasteiger partial charge is 0.236 e. The number of nitrogens with one attached hydrogen (secondary N) is 1. The van der Waals surface area contributed by atoms with Crippen LogP contribution in [0.15, 0.2) is 42.1 Å². The van der Waals surface area contributed by atoms with Crippen LogP contribution in [0.1, 0.15) is 10.6 Å². The largest absolute Gasteiger partial charge is 0.300 e. The van der Waals surface area contributed by atoms with Crippen molar-refractivity contribution in [1.82, 2.24) is 25.0 Å². The van der Waals surface area contributed by atoms with Crippen LogP contribution < -0.4 is 5.32 Å². The van der Waals surface area contributed by atoms with Crippen molar-refractivity contribution in [2.24, 2.45) is 0 Å². The molecule has 7 nitrogen and oxygen atoms in total. The van der Waals surface area contributed by atoms with Crippen LogP contribution >= 0.6 is 23.1 Å². The molecular formula is C17H18N6OS2. The Morgan fingerprint density at radius 1 is 1.31 bits per heavy atom. The zero-order chi connectivity index (χ0) is 18.5. The summed E-state index contributed by atoms with van der Waals surface area (Å²) in [4.78, 5) is 12.1. The summed E-state index contributed by atoms with van der Waals surface area (Å²) in [5.74, 6) is 0.814. The Morgan fingerprint density at radius 3 is 2.85 bits per heavy atom. The highest BCUT2D eigenvalue weighted by Crippen LogP contribution is 2.25. The number of rotatable bonds is 7. The van der Waals surface area contributed by atoms with Gasteiger partial charge in [0.2, 0.25) is 11.0 Å². The molecule has 2 heterocycles. The van der Waals surface area contributed by atoms with Crippen LogP contribution in [-0.2, 0) is 11.3 Å². The number of carbonyl (C=O) groups is 1. The summed E-state index contributed by atoms with van der Waals surface area (Å²) >= 11 is 2.67. The lowest BCUT2D eigenvalue weighted by molar-refractivity contribution is -0.113. The third-order valence-corrected chi connectivity index (χ3v) is 5.13. The molecule has 0 unspecified atom stereocenters. The summed E-state index contributed by atoms with van der Waals surface area (Å²) in [5, 5.41) is 21.0. The highest BCUT2D eigenvalue weighted by molar-refractivity contribution is 7.99. The molecule has 1 N–H and O–H groups in total. The molecule has 9 heteroatoms. The van der Waals surface area contributed by atoms with Gasteiger partial charge in [0.15, 0.2) is 11.0 Å². The van der Waals surface area contributed by atoms with Gasteiger partial charge in [0.25, 0.3) is 0 Å². The molecular weight excluding hydrogens is 368 g/mol. The molecule has 0 aliphatic carbocycles. The van der Waals surface area contributed by atoms with Crippen molar-refractivity contribution in [3.63, 3.8) is 0 Å². The van der Waals surface area contributed by atoms with Gasteiger partial charge in [-0.2, -0.15) is 0 Å². The topological polar surface area (TPSA) is 85.6 Å². The normalized spacial score (nSPS) is 10.7. The molecule has 2 aromatic heterocycles. The molecule has 0 radical (unpaired) electrons. The number of amides is 1. The summed E-state index contributed by atoms with van der Waals surface area (Å²) in [6, 6.07) is 8.08. The van der Waals surface area contributed by atoms with Crippen molar-refractivity contribution >= 4 is 34.1 Å². The van der Waals surface area contributed by atoms with Crippen molar-refractivity contribution in [3.8, 4) is 11.4 Å². The van der Waals surface area contributed by atoms with Crippen molar-refractivity contribution in [2.75, 3.05) is 11.1 Å². The standard InChI is InChI=1S/C17H18N6OS2/c1-4-8-23-15(13-7-5-6-11(2)9-13)20-22-17(23)25-10-14(24)18-16-21-19-12(3)26-16/h4-7,9H,1,8,10H2,2-3H3,(H,18,21,24). The van der Waals surface area contributed by atoms with E-state index in [-0.39, 0.29) is 11.7 Å². The van der Waals surface area contributed by atoms with Gasteiger partial charge < -0.3 is 0 Å². The van der Waals surface area contributed by atoms with Crippen LogP contribution in [0.5, 0.6) is 0 Å². The monoisotopic (exact) mass is 386 g/mol. The van der Waals surface area contributed by atoms with Gasteiger partial charge in [-0.3, -0.25) is 14.7 Å². The Morgan fingerprint density at radius 2 is 2.15 bits per heavy atom. The fourth-order valence-corrected chi connectivity index (χ4v) is 3.68. The molecule has 0 aliphatic heterocycles. The summed E-state index contributed by atoms with van der Waals surface area (Å²) in [5.41, 5.74) is 2.14. The lowest BCUT2D eigenvalue weighted by atomic mass is 10.1. The number of aromatic nitrogens is 5. The molecule has 0 bridgehead atoms. The Bertz CT molecular complexity index is 933. The average Bonchev–Trinajstić information content (AvgIpc) is 3.20. The Balaban J connectivity index is 1.73. The maximum absolute atomic E-state index is 12.1. The van der Waals surface area contributed by atoms with Gasteiger partial charge in [0.1, 0.15) is 5.01 Å². The number of thioether (sulfide) groups is 1. The third kappa shape index (κ3) is 4.36. The van der Waals surface area contributed by atoms with Crippen LogP contribution in [0.3, 0.4) is 0 Å². The predicted octanol–water partition coefficient (Wildman–Crippen LogP) is 3.33. The molecule has 1 aromatic carbocycles. The minimum Gasteiger partial charge on any atom is -0.300 e. The fraction of sp³-hybridized carbons (Fsp3) is 0.235. The number of aryl methyl sites for hydroxylation is 2. The SMILES string of the molecule is C=CCn1c(SCC(=O)Nc2nnc(C)s2)nnc1-c1cccc(C)c1. The van der Waals surface area contributed by atoms with E-state index in [2.05, 4.69) is 38.4 Å². The molecule has 26 heavy (non-hydrogen) atoms. The average molecular weight is 387 g/mol. The predicted molar refractivity (Wildman–Crippen MR) is 104 cm³/mol. The zero-order valence-electron chi connectivity index (χ0n) is 14.5. The maximum atomic E-state index is 12.1. The molecule has 1 amide bonds. The summed E-state index contributed by atoms with van der Waals surface area (Å²) in [7, 11) is 0. The van der Waals surface area contributed by atoms with Crippen LogP contribution in [0.2, 0.25) is 0 Å². The van der Waals surface area contributed by atoms with E-state index in [9.17, 15) is 4.79 Å². The van der Waals surface area contributed by atoms with Gasteiger partial charge in [0.05, 0.1) is 5.75 Å². The van der Waals surface area contributed by atoms with Gasteiger partial charge in [-0.1, -0.05) is 52.9 Å². The van der Waals surface area contributed by atoms with E-state index in [0.29, 0.717) is 16.8 Å². The van der Waals surface area contributed by atoms with E-state index < -0.39 is 0 Å². The first-order valence-electron chi connectivity index (χ1n) is 7.90. The number of benzene rings is 1. The minimum atomic E-state index is -0.156. The van der Waals surface area contributed by atoms with Crippen LogP contribution in [0.4, 0.5) is 5.13 Å². The number of allylic oxidation sites excluding steroid dienone is 1. The maximum Gasteiger partial charge on any atom is 0.236 e. The zero-order valence-corrected chi connectivity index (χ0v) is 16.1. The van der Waals surface area contributed by atoms with Crippen molar-refractivity contribution in [1.29, 1.82) is 0 Å². The van der Waals surface area contributed by atoms with E-state index in [4.69, 9.17) is 0 Å². The van der Waals surface area contributed by atoms with Crippen LogP contribution in [0.25, 0.3) is 11.4 Å². The minimum absolute atomic E-state index is 0.156. The summed E-state index contributed by atoms with van der Waals surface area (Å²) in [6.07, 6.45) is 1.79. The third-order valence-electron chi connectivity index (χ3n) is 3.41. The van der Waals surface area contributed by atoms with Crippen LogP contribution in [-0.4, -0.2) is 36.6 Å². The van der Waals surface area contributed by atoms with E-state index in [0.717, 1.165) is 22.0 Å². The highest BCUT2D eigenvalue weighted by Gasteiger charge is 2.15. The quantitative estimate of drug-likeness (QED) is 0.495. The van der Waals surface area contributed by atoms with E-state index in [1.54, 1.807) is 6.08 Å². The Kier molecular flexibility index (Phi) is 5.79. The van der Waals surface area contributed by atoms with Crippen molar-refractivity contribution in [3.05, 3.63) is 47.5 Å². The lowest BCUT2D eigenvalue weighted by Gasteiger charge is -2.08. The van der Waals surface area contributed by atoms with E-state index >= 15 is 0 Å². The second-order valence-electron chi connectivity index (χ2n) is 5.54.